The Morgan fingerprint density at radius 2 is 1.70 bits per heavy atom. The fourth-order valence-corrected chi connectivity index (χ4v) is 2.06. The second kappa shape index (κ2) is 5.19. The first-order valence-electron chi connectivity index (χ1n) is 6.53. The Balaban J connectivity index is 2.29. The van der Waals surface area contributed by atoms with Crippen molar-refractivity contribution in [2.24, 2.45) is 5.41 Å². The van der Waals surface area contributed by atoms with E-state index in [4.69, 9.17) is 14.2 Å². The van der Waals surface area contributed by atoms with Crippen LogP contribution in [0.25, 0.3) is 6.08 Å². The van der Waals surface area contributed by atoms with E-state index in [9.17, 15) is 4.79 Å². The molecule has 0 amide bonds. The second-order valence-corrected chi connectivity index (χ2v) is 5.79. The van der Waals surface area contributed by atoms with Gasteiger partial charge in [0.15, 0.2) is 0 Å². The highest BCUT2D eigenvalue weighted by molar-refractivity contribution is 5.79. The van der Waals surface area contributed by atoms with Gasteiger partial charge in [-0.3, -0.25) is 4.79 Å². The van der Waals surface area contributed by atoms with Gasteiger partial charge in [-0.05, 0) is 39.0 Å². The van der Waals surface area contributed by atoms with Crippen LogP contribution in [0.1, 0.15) is 31.9 Å². The number of esters is 1. The van der Waals surface area contributed by atoms with Crippen LogP contribution in [0.15, 0.2) is 17.9 Å². The fraction of sp³-hybridized carbons (Fsp3) is 0.438. The standard InChI is InChI=1S/C16H20O4/c1-16(2,3)15(17)20-10-8-11-12(9-10)14(19-5)7-6-13(11)18-4/h6-8H,9H2,1-5H3. The molecule has 0 unspecified atom stereocenters. The van der Waals surface area contributed by atoms with E-state index in [1.165, 1.54) is 0 Å². The molecule has 0 fully saturated rings. The number of fused-ring (bicyclic) bond motifs is 1. The van der Waals surface area contributed by atoms with Gasteiger partial charge in [0.25, 0.3) is 0 Å². The van der Waals surface area contributed by atoms with Crippen molar-refractivity contribution in [3.63, 3.8) is 0 Å². The summed E-state index contributed by atoms with van der Waals surface area (Å²) in [5.41, 5.74) is 1.39. The largest absolute Gasteiger partial charge is 0.496 e. The maximum absolute atomic E-state index is 12.0. The minimum Gasteiger partial charge on any atom is -0.496 e. The van der Waals surface area contributed by atoms with Crippen LogP contribution in [-0.2, 0) is 16.0 Å². The van der Waals surface area contributed by atoms with E-state index in [-0.39, 0.29) is 5.97 Å². The molecule has 4 nitrogen and oxygen atoms in total. The first kappa shape index (κ1) is 14.4. The molecule has 108 valence electrons. The number of methoxy groups -OCH3 is 2. The lowest BCUT2D eigenvalue weighted by atomic mass is 9.97. The minimum atomic E-state index is -0.524. The van der Waals surface area contributed by atoms with Gasteiger partial charge in [0, 0.05) is 17.5 Å². The van der Waals surface area contributed by atoms with E-state index in [1.54, 1.807) is 14.2 Å². The zero-order valence-corrected chi connectivity index (χ0v) is 12.6. The van der Waals surface area contributed by atoms with Crippen LogP contribution in [0.3, 0.4) is 0 Å². The van der Waals surface area contributed by atoms with E-state index in [2.05, 4.69) is 0 Å². The van der Waals surface area contributed by atoms with Gasteiger partial charge >= 0.3 is 5.97 Å². The minimum absolute atomic E-state index is 0.241. The molecule has 1 aromatic carbocycles. The molecular formula is C16H20O4. The summed E-state index contributed by atoms with van der Waals surface area (Å²) < 4.78 is 16.2. The summed E-state index contributed by atoms with van der Waals surface area (Å²) in [5, 5.41) is 0. The summed E-state index contributed by atoms with van der Waals surface area (Å²) in [5.74, 6) is 1.92. The van der Waals surface area contributed by atoms with Gasteiger partial charge in [-0.25, -0.2) is 0 Å². The zero-order valence-electron chi connectivity index (χ0n) is 12.6. The van der Waals surface area contributed by atoms with E-state index in [0.717, 1.165) is 22.6 Å². The molecule has 0 atom stereocenters. The van der Waals surface area contributed by atoms with E-state index in [0.29, 0.717) is 12.2 Å². The lowest BCUT2D eigenvalue weighted by Gasteiger charge is -2.16. The molecule has 0 N–H and O–H groups in total. The number of carbonyl (C=O) groups excluding carboxylic acids is 1. The van der Waals surface area contributed by atoms with Crippen molar-refractivity contribution in [2.75, 3.05) is 14.2 Å². The van der Waals surface area contributed by atoms with Crippen LogP contribution in [0.2, 0.25) is 0 Å². The molecule has 0 heterocycles. The normalized spacial score (nSPS) is 13.6. The van der Waals surface area contributed by atoms with Gasteiger partial charge < -0.3 is 14.2 Å². The van der Waals surface area contributed by atoms with Crippen LogP contribution in [-0.4, -0.2) is 20.2 Å². The number of hydrogen-bond donors (Lipinski definition) is 0. The van der Waals surface area contributed by atoms with Crippen molar-refractivity contribution in [3.05, 3.63) is 29.0 Å². The lowest BCUT2D eigenvalue weighted by molar-refractivity contribution is -0.148. The Labute approximate surface area is 119 Å². The first-order chi connectivity index (χ1) is 9.36. The highest BCUT2D eigenvalue weighted by Crippen LogP contribution is 2.39. The van der Waals surface area contributed by atoms with Gasteiger partial charge in [0.2, 0.25) is 0 Å². The van der Waals surface area contributed by atoms with Crippen molar-refractivity contribution in [2.45, 2.75) is 27.2 Å². The molecule has 2 rings (SSSR count). The maximum Gasteiger partial charge on any atom is 0.316 e. The second-order valence-electron chi connectivity index (χ2n) is 5.79. The molecule has 1 aromatic rings. The predicted octanol–water partition coefficient (Wildman–Crippen LogP) is 3.19. The number of allylic oxidation sites excluding steroid dienone is 1. The lowest BCUT2D eigenvalue weighted by Crippen LogP contribution is -2.22. The van der Waals surface area contributed by atoms with E-state index in [1.807, 2.05) is 39.0 Å². The van der Waals surface area contributed by atoms with Gasteiger partial charge in [-0.1, -0.05) is 0 Å². The zero-order chi connectivity index (χ0) is 14.9. The highest BCUT2D eigenvalue weighted by atomic mass is 16.5. The Morgan fingerprint density at radius 3 is 2.25 bits per heavy atom. The van der Waals surface area contributed by atoms with Crippen LogP contribution < -0.4 is 9.47 Å². The monoisotopic (exact) mass is 276 g/mol. The van der Waals surface area contributed by atoms with Crippen molar-refractivity contribution >= 4 is 12.0 Å². The molecule has 0 aliphatic heterocycles. The SMILES string of the molecule is COc1ccc(OC)c2c1C=C(OC(=O)C(C)(C)C)C2. The molecule has 1 aliphatic rings. The van der Waals surface area contributed by atoms with Crippen molar-refractivity contribution in [3.8, 4) is 11.5 Å². The van der Waals surface area contributed by atoms with Crippen LogP contribution in [0, 0.1) is 5.41 Å². The molecule has 0 spiro atoms. The Bertz CT molecular complexity index is 565. The molecule has 0 radical (unpaired) electrons. The van der Waals surface area contributed by atoms with Gasteiger partial charge in [0.1, 0.15) is 17.3 Å². The molecular weight excluding hydrogens is 256 g/mol. The third-order valence-electron chi connectivity index (χ3n) is 3.21. The summed E-state index contributed by atoms with van der Waals surface area (Å²) in [7, 11) is 3.25. The number of carbonyl (C=O) groups is 1. The van der Waals surface area contributed by atoms with Gasteiger partial charge in [-0.2, -0.15) is 0 Å². The molecule has 0 saturated carbocycles. The maximum atomic E-state index is 12.0. The third-order valence-corrected chi connectivity index (χ3v) is 3.21. The number of hydrogen-bond acceptors (Lipinski definition) is 4. The molecule has 0 aromatic heterocycles. The molecule has 0 bridgehead atoms. The topological polar surface area (TPSA) is 44.8 Å². The summed E-state index contributed by atoms with van der Waals surface area (Å²) in [4.78, 5) is 12.0. The number of benzene rings is 1. The third kappa shape index (κ3) is 2.64. The molecule has 4 heteroatoms. The number of ether oxygens (including phenoxy) is 3. The quantitative estimate of drug-likeness (QED) is 0.795. The van der Waals surface area contributed by atoms with Gasteiger partial charge in [0.05, 0.1) is 19.6 Å². The molecule has 0 saturated heterocycles. The predicted molar refractivity (Wildman–Crippen MR) is 76.8 cm³/mol. The van der Waals surface area contributed by atoms with Crippen LogP contribution >= 0.6 is 0 Å². The van der Waals surface area contributed by atoms with Crippen molar-refractivity contribution in [1.82, 2.24) is 0 Å². The Morgan fingerprint density at radius 1 is 1.10 bits per heavy atom. The summed E-state index contributed by atoms with van der Waals surface area (Å²) in [6.07, 6.45) is 2.39. The smallest absolute Gasteiger partial charge is 0.316 e. The van der Waals surface area contributed by atoms with E-state index >= 15 is 0 Å². The van der Waals surface area contributed by atoms with Crippen LogP contribution in [0.4, 0.5) is 0 Å². The fourth-order valence-electron chi connectivity index (χ4n) is 2.06. The van der Waals surface area contributed by atoms with Crippen molar-refractivity contribution in [1.29, 1.82) is 0 Å². The molecule has 20 heavy (non-hydrogen) atoms. The van der Waals surface area contributed by atoms with Crippen LogP contribution in [0.5, 0.6) is 11.5 Å². The first-order valence-corrected chi connectivity index (χ1v) is 6.53. The summed E-state index contributed by atoms with van der Waals surface area (Å²) in [6, 6.07) is 3.71. The number of rotatable bonds is 3. The Kier molecular flexibility index (Phi) is 3.75. The Hall–Kier alpha value is -1.97. The van der Waals surface area contributed by atoms with Crippen molar-refractivity contribution < 1.29 is 19.0 Å². The van der Waals surface area contributed by atoms with Gasteiger partial charge in [-0.15, -0.1) is 0 Å². The van der Waals surface area contributed by atoms with E-state index < -0.39 is 5.41 Å². The average Bonchev–Trinajstić information content (AvgIpc) is 2.79. The summed E-state index contributed by atoms with van der Waals surface area (Å²) in [6.45, 7) is 5.50. The average molecular weight is 276 g/mol. The summed E-state index contributed by atoms with van der Waals surface area (Å²) >= 11 is 0. The highest BCUT2D eigenvalue weighted by Gasteiger charge is 2.28. The molecule has 1 aliphatic carbocycles.